The SMILES string of the molecule is Cc1cccc(-c2nnc3sc(NC(=O)c4ccc(Cl)cc4)nn23)c1. The minimum Gasteiger partial charge on any atom is -0.296 e. The lowest BCUT2D eigenvalue weighted by Gasteiger charge is -2.01. The summed E-state index contributed by atoms with van der Waals surface area (Å²) in [4.78, 5) is 12.9. The maximum atomic E-state index is 12.3. The van der Waals surface area contributed by atoms with Gasteiger partial charge in [0.05, 0.1) is 0 Å². The third-order valence-electron chi connectivity index (χ3n) is 3.59. The summed E-state index contributed by atoms with van der Waals surface area (Å²) in [6.45, 7) is 2.01. The molecule has 4 aromatic rings. The Balaban J connectivity index is 1.64. The number of nitrogens with one attached hydrogen (secondary N) is 1. The van der Waals surface area contributed by atoms with Gasteiger partial charge < -0.3 is 0 Å². The van der Waals surface area contributed by atoms with E-state index in [1.807, 2.05) is 31.2 Å². The zero-order valence-corrected chi connectivity index (χ0v) is 14.7. The summed E-state index contributed by atoms with van der Waals surface area (Å²) in [6.07, 6.45) is 0. The number of anilines is 1. The third kappa shape index (κ3) is 3.11. The lowest BCUT2D eigenvalue weighted by Crippen LogP contribution is -2.11. The van der Waals surface area contributed by atoms with E-state index in [4.69, 9.17) is 11.6 Å². The van der Waals surface area contributed by atoms with E-state index in [1.54, 1.807) is 28.8 Å². The van der Waals surface area contributed by atoms with Crippen molar-refractivity contribution >= 4 is 38.9 Å². The number of aryl methyl sites for hydroxylation is 1. The smallest absolute Gasteiger partial charge is 0.257 e. The van der Waals surface area contributed by atoms with Crippen LogP contribution in [0.1, 0.15) is 15.9 Å². The second kappa shape index (κ2) is 6.27. The summed E-state index contributed by atoms with van der Waals surface area (Å²) < 4.78 is 1.64. The van der Waals surface area contributed by atoms with E-state index in [1.165, 1.54) is 11.3 Å². The molecule has 1 amide bonds. The van der Waals surface area contributed by atoms with Gasteiger partial charge in [0.15, 0.2) is 5.82 Å². The molecule has 0 aliphatic heterocycles. The van der Waals surface area contributed by atoms with Gasteiger partial charge in [-0.3, -0.25) is 10.1 Å². The highest BCUT2D eigenvalue weighted by molar-refractivity contribution is 7.20. The molecule has 4 rings (SSSR count). The molecule has 25 heavy (non-hydrogen) atoms. The molecule has 2 aromatic carbocycles. The van der Waals surface area contributed by atoms with Crippen molar-refractivity contribution in [2.24, 2.45) is 0 Å². The first kappa shape index (κ1) is 15.7. The predicted octanol–water partition coefficient (Wildman–Crippen LogP) is 4.07. The van der Waals surface area contributed by atoms with Crippen molar-refractivity contribution in [1.29, 1.82) is 0 Å². The molecule has 2 aromatic heterocycles. The summed E-state index contributed by atoms with van der Waals surface area (Å²) in [5.41, 5.74) is 2.56. The van der Waals surface area contributed by atoms with Crippen LogP contribution in [-0.4, -0.2) is 25.7 Å². The molecule has 2 heterocycles. The van der Waals surface area contributed by atoms with Crippen LogP contribution in [0.5, 0.6) is 0 Å². The van der Waals surface area contributed by atoms with Gasteiger partial charge in [0.25, 0.3) is 5.91 Å². The first-order valence-corrected chi connectivity index (χ1v) is 8.66. The van der Waals surface area contributed by atoms with Crippen LogP contribution < -0.4 is 5.32 Å². The van der Waals surface area contributed by atoms with Crippen LogP contribution in [0, 0.1) is 6.92 Å². The lowest BCUT2D eigenvalue weighted by molar-refractivity contribution is 0.102. The van der Waals surface area contributed by atoms with E-state index in [9.17, 15) is 4.79 Å². The van der Waals surface area contributed by atoms with E-state index < -0.39 is 0 Å². The van der Waals surface area contributed by atoms with Gasteiger partial charge in [0.1, 0.15) is 0 Å². The zero-order valence-electron chi connectivity index (χ0n) is 13.1. The molecule has 0 atom stereocenters. The first-order valence-electron chi connectivity index (χ1n) is 7.46. The van der Waals surface area contributed by atoms with Gasteiger partial charge in [-0.15, -0.1) is 15.3 Å². The minimum atomic E-state index is -0.251. The van der Waals surface area contributed by atoms with Gasteiger partial charge in [-0.25, -0.2) is 0 Å². The topological polar surface area (TPSA) is 72.2 Å². The Bertz CT molecular complexity index is 1070. The van der Waals surface area contributed by atoms with Crippen molar-refractivity contribution in [3.63, 3.8) is 0 Å². The van der Waals surface area contributed by atoms with E-state index >= 15 is 0 Å². The molecule has 0 aliphatic rings. The molecule has 0 spiro atoms. The predicted molar refractivity (Wildman–Crippen MR) is 98.2 cm³/mol. The highest BCUT2D eigenvalue weighted by atomic mass is 35.5. The van der Waals surface area contributed by atoms with Gasteiger partial charge >= 0.3 is 0 Å². The number of hydrogen-bond donors (Lipinski definition) is 1. The van der Waals surface area contributed by atoms with Gasteiger partial charge in [-0.1, -0.05) is 46.7 Å². The van der Waals surface area contributed by atoms with E-state index in [0.29, 0.717) is 26.5 Å². The van der Waals surface area contributed by atoms with Crippen molar-refractivity contribution in [3.8, 4) is 11.4 Å². The van der Waals surface area contributed by atoms with Crippen molar-refractivity contribution in [3.05, 3.63) is 64.7 Å². The number of nitrogens with zero attached hydrogens (tertiary/aromatic N) is 4. The Morgan fingerprint density at radius 1 is 1.16 bits per heavy atom. The number of carbonyl (C=O) groups excluding carboxylic acids is 1. The molecule has 0 fully saturated rings. The lowest BCUT2D eigenvalue weighted by atomic mass is 10.1. The van der Waals surface area contributed by atoms with Crippen LogP contribution in [-0.2, 0) is 0 Å². The van der Waals surface area contributed by atoms with Crippen LogP contribution in [0.3, 0.4) is 0 Å². The molecule has 0 saturated carbocycles. The number of fused-ring (bicyclic) bond motifs is 1. The summed E-state index contributed by atoms with van der Waals surface area (Å²) in [7, 11) is 0. The Morgan fingerprint density at radius 2 is 1.96 bits per heavy atom. The van der Waals surface area contributed by atoms with Crippen LogP contribution in [0.25, 0.3) is 16.3 Å². The monoisotopic (exact) mass is 369 g/mol. The molecule has 0 bridgehead atoms. The van der Waals surface area contributed by atoms with Crippen LogP contribution in [0.4, 0.5) is 5.13 Å². The molecule has 0 radical (unpaired) electrons. The van der Waals surface area contributed by atoms with Crippen LogP contribution >= 0.6 is 22.9 Å². The minimum absolute atomic E-state index is 0.251. The summed E-state index contributed by atoms with van der Waals surface area (Å²) in [5, 5.41) is 16.6. The van der Waals surface area contributed by atoms with E-state index in [-0.39, 0.29) is 5.91 Å². The number of benzene rings is 2. The van der Waals surface area contributed by atoms with Crippen molar-refractivity contribution < 1.29 is 4.79 Å². The fourth-order valence-electron chi connectivity index (χ4n) is 2.40. The van der Waals surface area contributed by atoms with Crippen molar-refractivity contribution in [1.82, 2.24) is 19.8 Å². The van der Waals surface area contributed by atoms with Crippen molar-refractivity contribution in [2.75, 3.05) is 5.32 Å². The highest BCUT2D eigenvalue weighted by Gasteiger charge is 2.15. The molecule has 0 unspecified atom stereocenters. The fraction of sp³-hybridized carbons (Fsp3) is 0.0588. The van der Waals surface area contributed by atoms with Gasteiger partial charge in [0, 0.05) is 16.1 Å². The zero-order chi connectivity index (χ0) is 17.4. The summed E-state index contributed by atoms with van der Waals surface area (Å²) >= 11 is 7.10. The Morgan fingerprint density at radius 3 is 2.72 bits per heavy atom. The molecule has 6 nitrogen and oxygen atoms in total. The van der Waals surface area contributed by atoms with E-state index in [2.05, 4.69) is 20.6 Å². The number of rotatable bonds is 3. The number of amides is 1. The van der Waals surface area contributed by atoms with E-state index in [0.717, 1.165) is 11.1 Å². The Hall–Kier alpha value is -2.77. The normalized spacial score (nSPS) is 11.0. The molecule has 8 heteroatoms. The maximum Gasteiger partial charge on any atom is 0.257 e. The van der Waals surface area contributed by atoms with Crippen LogP contribution in [0.2, 0.25) is 5.02 Å². The number of hydrogen-bond acceptors (Lipinski definition) is 5. The molecular weight excluding hydrogens is 358 g/mol. The molecule has 0 aliphatic carbocycles. The number of carbonyl (C=O) groups is 1. The first-order chi connectivity index (χ1) is 12.1. The Kier molecular flexibility index (Phi) is 3.95. The average molecular weight is 370 g/mol. The van der Waals surface area contributed by atoms with Crippen LogP contribution in [0.15, 0.2) is 48.5 Å². The number of halogens is 1. The standard InChI is InChI=1S/C17H12ClN5OS/c1-10-3-2-4-12(9-10)14-20-21-17-23(14)22-16(25-17)19-15(24)11-5-7-13(18)8-6-11/h2-9H,1H3,(H,19,22,24). The second-order valence-electron chi connectivity index (χ2n) is 5.46. The van der Waals surface area contributed by atoms with Gasteiger partial charge in [-0.05, 0) is 37.3 Å². The molecule has 1 N–H and O–H groups in total. The largest absolute Gasteiger partial charge is 0.296 e. The Labute approximate surface area is 152 Å². The summed E-state index contributed by atoms with van der Waals surface area (Å²) in [5.74, 6) is 0.390. The quantitative estimate of drug-likeness (QED) is 0.591. The van der Waals surface area contributed by atoms with Gasteiger partial charge in [-0.2, -0.15) is 4.52 Å². The number of aromatic nitrogens is 4. The second-order valence-corrected chi connectivity index (χ2v) is 6.85. The third-order valence-corrected chi connectivity index (χ3v) is 4.66. The molecular formula is C17H12ClN5OS. The maximum absolute atomic E-state index is 12.3. The molecule has 0 saturated heterocycles. The molecule has 124 valence electrons. The highest BCUT2D eigenvalue weighted by Crippen LogP contribution is 2.25. The van der Waals surface area contributed by atoms with Crippen molar-refractivity contribution in [2.45, 2.75) is 6.92 Å². The average Bonchev–Trinajstić information content (AvgIpc) is 3.15. The van der Waals surface area contributed by atoms with Gasteiger partial charge in [0.2, 0.25) is 10.1 Å². The fourth-order valence-corrected chi connectivity index (χ4v) is 3.26. The summed E-state index contributed by atoms with van der Waals surface area (Å²) in [6, 6.07) is 14.6.